The predicted octanol–water partition coefficient (Wildman–Crippen LogP) is 3.13. The molecule has 4 heteroatoms. The molecule has 0 aliphatic carbocycles. The molecule has 0 aliphatic heterocycles. The smallest absolute Gasteiger partial charge is 0.333 e. The molecular formula is C14H22O4. The van der Waals surface area contributed by atoms with Crippen molar-refractivity contribution in [3.63, 3.8) is 0 Å². The summed E-state index contributed by atoms with van der Waals surface area (Å²) in [5.41, 5.74) is 0. The van der Waals surface area contributed by atoms with E-state index in [2.05, 4.69) is 6.92 Å². The molecule has 0 saturated heterocycles. The van der Waals surface area contributed by atoms with Crippen LogP contribution in [0.3, 0.4) is 0 Å². The fourth-order valence-corrected chi connectivity index (χ4v) is 1.31. The van der Waals surface area contributed by atoms with Gasteiger partial charge in [-0.05, 0) is 20.3 Å². The van der Waals surface area contributed by atoms with Gasteiger partial charge in [0.05, 0.1) is 0 Å². The van der Waals surface area contributed by atoms with Crippen LogP contribution >= 0.6 is 0 Å². The maximum atomic E-state index is 11.3. The van der Waals surface area contributed by atoms with Crippen molar-refractivity contribution in [1.29, 1.82) is 0 Å². The predicted molar refractivity (Wildman–Crippen MR) is 69.7 cm³/mol. The number of carbonyl (C=O) groups is 2. The first kappa shape index (κ1) is 16.4. The van der Waals surface area contributed by atoms with Crippen LogP contribution in [0.4, 0.5) is 0 Å². The molecule has 0 heterocycles. The van der Waals surface area contributed by atoms with E-state index in [1.165, 1.54) is 12.2 Å². The summed E-state index contributed by atoms with van der Waals surface area (Å²) in [6.07, 6.45) is 8.42. The van der Waals surface area contributed by atoms with Crippen LogP contribution in [0.25, 0.3) is 0 Å². The fourth-order valence-electron chi connectivity index (χ4n) is 1.31. The second kappa shape index (κ2) is 10.6. The lowest BCUT2D eigenvalue weighted by Crippen LogP contribution is -2.23. The Labute approximate surface area is 109 Å². The van der Waals surface area contributed by atoms with Crippen molar-refractivity contribution in [2.75, 3.05) is 0 Å². The van der Waals surface area contributed by atoms with Crippen molar-refractivity contribution in [3.05, 3.63) is 24.3 Å². The largest absolute Gasteiger partial charge is 0.422 e. The van der Waals surface area contributed by atoms with Gasteiger partial charge < -0.3 is 9.47 Å². The van der Waals surface area contributed by atoms with Crippen molar-refractivity contribution >= 4 is 11.9 Å². The molecule has 4 nitrogen and oxygen atoms in total. The second-order valence-electron chi connectivity index (χ2n) is 3.80. The minimum atomic E-state index is -0.802. The van der Waals surface area contributed by atoms with Crippen LogP contribution in [0.1, 0.15) is 46.5 Å². The Hall–Kier alpha value is -1.58. The van der Waals surface area contributed by atoms with Crippen LogP contribution in [0.5, 0.6) is 0 Å². The highest BCUT2D eigenvalue weighted by molar-refractivity contribution is 5.83. The van der Waals surface area contributed by atoms with Gasteiger partial charge in [-0.15, -0.1) is 0 Å². The standard InChI is InChI=1S/C14H22O4/c1-4-7-8-11-14(17-12(15)9-5-2)18-13(16)10-6-3/h5-6,9-10,14H,4,7-8,11H2,1-3H3. The molecule has 0 aromatic heterocycles. The molecule has 0 aliphatic rings. The molecule has 0 saturated carbocycles. The first-order valence-corrected chi connectivity index (χ1v) is 6.30. The zero-order valence-corrected chi connectivity index (χ0v) is 11.3. The first-order valence-electron chi connectivity index (χ1n) is 6.30. The lowest BCUT2D eigenvalue weighted by Gasteiger charge is -2.16. The van der Waals surface area contributed by atoms with Gasteiger partial charge >= 0.3 is 11.9 Å². The molecule has 0 bridgehead atoms. The average Bonchev–Trinajstić information content (AvgIpc) is 2.29. The van der Waals surface area contributed by atoms with E-state index in [1.54, 1.807) is 26.0 Å². The van der Waals surface area contributed by atoms with Gasteiger partial charge in [-0.25, -0.2) is 9.59 Å². The monoisotopic (exact) mass is 254 g/mol. The van der Waals surface area contributed by atoms with Gasteiger partial charge in [0.1, 0.15) is 0 Å². The van der Waals surface area contributed by atoms with Crippen molar-refractivity contribution in [3.8, 4) is 0 Å². The molecule has 0 atom stereocenters. The van der Waals surface area contributed by atoms with E-state index in [4.69, 9.17) is 9.47 Å². The Kier molecular flexibility index (Phi) is 9.64. The molecule has 0 N–H and O–H groups in total. The summed E-state index contributed by atoms with van der Waals surface area (Å²) >= 11 is 0. The number of ether oxygens (including phenoxy) is 2. The Bertz CT molecular complexity index is 279. The number of carbonyl (C=O) groups excluding carboxylic acids is 2. The molecule has 0 amide bonds. The first-order chi connectivity index (χ1) is 8.63. The number of unbranched alkanes of at least 4 members (excludes halogenated alkanes) is 2. The summed E-state index contributed by atoms with van der Waals surface area (Å²) in [5.74, 6) is -0.987. The van der Waals surface area contributed by atoms with Gasteiger partial charge in [0.15, 0.2) is 0 Å². The van der Waals surface area contributed by atoms with Crippen molar-refractivity contribution in [2.45, 2.75) is 52.7 Å². The van der Waals surface area contributed by atoms with Gasteiger partial charge in [-0.1, -0.05) is 31.9 Å². The third kappa shape index (κ3) is 8.56. The molecule has 0 spiro atoms. The molecule has 102 valence electrons. The molecule has 0 radical (unpaired) electrons. The van der Waals surface area contributed by atoms with Gasteiger partial charge in [0, 0.05) is 18.6 Å². The lowest BCUT2D eigenvalue weighted by molar-refractivity contribution is -0.182. The summed E-state index contributed by atoms with van der Waals surface area (Å²) < 4.78 is 10.1. The normalized spacial score (nSPS) is 12.8. The fraction of sp³-hybridized carbons (Fsp3) is 0.571. The van der Waals surface area contributed by atoms with E-state index in [0.29, 0.717) is 6.42 Å². The van der Waals surface area contributed by atoms with E-state index in [1.807, 2.05) is 0 Å². The number of rotatable bonds is 8. The second-order valence-corrected chi connectivity index (χ2v) is 3.80. The highest BCUT2D eigenvalue weighted by Crippen LogP contribution is 2.09. The minimum Gasteiger partial charge on any atom is -0.422 e. The van der Waals surface area contributed by atoms with Crippen LogP contribution in [0.2, 0.25) is 0 Å². The highest BCUT2D eigenvalue weighted by atomic mass is 16.7. The molecule has 0 unspecified atom stereocenters. The summed E-state index contributed by atoms with van der Waals surface area (Å²) in [7, 11) is 0. The summed E-state index contributed by atoms with van der Waals surface area (Å²) in [5, 5.41) is 0. The third-order valence-corrected chi connectivity index (χ3v) is 2.14. The van der Waals surface area contributed by atoms with E-state index >= 15 is 0 Å². The molecule has 0 aromatic rings. The summed E-state index contributed by atoms with van der Waals surface area (Å²) in [4.78, 5) is 22.6. The van der Waals surface area contributed by atoms with E-state index in [9.17, 15) is 9.59 Å². The lowest BCUT2D eigenvalue weighted by atomic mass is 10.2. The Morgan fingerprint density at radius 2 is 1.50 bits per heavy atom. The van der Waals surface area contributed by atoms with Gasteiger partial charge in [-0.2, -0.15) is 0 Å². The van der Waals surface area contributed by atoms with Crippen LogP contribution in [0, 0.1) is 0 Å². The molecule has 0 aromatic carbocycles. The van der Waals surface area contributed by atoms with E-state index in [0.717, 1.165) is 19.3 Å². The number of hydrogen-bond acceptors (Lipinski definition) is 4. The topological polar surface area (TPSA) is 52.6 Å². The minimum absolute atomic E-state index is 0.493. The highest BCUT2D eigenvalue weighted by Gasteiger charge is 2.16. The zero-order chi connectivity index (χ0) is 13.8. The SMILES string of the molecule is CC=CC(=O)OC(CCCCC)OC(=O)C=CC. The maximum absolute atomic E-state index is 11.3. The maximum Gasteiger partial charge on any atom is 0.333 e. The quantitative estimate of drug-likeness (QED) is 0.289. The Morgan fingerprint density at radius 1 is 1.00 bits per heavy atom. The Morgan fingerprint density at radius 3 is 1.89 bits per heavy atom. The summed E-state index contributed by atoms with van der Waals surface area (Å²) in [6, 6.07) is 0. The van der Waals surface area contributed by atoms with E-state index in [-0.39, 0.29) is 0 Å². The van der Waals surface area contributed by atoms with Crippen LogP contribution in [-0.4, -0.2) is 18.2 Å². The van der Waals surface area contributed by atoms with E-state index < -0.39 is 18.2 Å². The number of hydrogen-bond donors (Lipinski definition) is 0. The van der Waals surface area contributed by atoms with Crippen LogP contribution < -0.4 is 0 Å². The van der Waals surface area contributed by atoms with Gasteiger partial charge in [0.2, 0.25) is 6.29 Å². The van der Waals surface area contributed by atoms with Crippen LogP contribution in [0.15, 0.2) is 24.3 Å². The average molecular weight is 254 g/mol. The third-order valence-electron chi connectivity index (χ3n) is 2.14. The van der Waals surface area contributed by atoms with Gasteiger partial charge in [-0.3, -0.25) is 0 Å². The number of allylic oxidation sites excluding steroid dienone is 2. The van der Waals surface area contributed by atoms with Crippen molar-refractivity contribution < 1.29 is 19.1 Å². The van der Waals surface area contributed by atoms with Crippen molar-refractivity contribution in [1.82, 2.24) is 0 Å². The molecule has 0 fully saturated rings. The molecule has 0 rings (SSSR count). The number of esters is 2. The molecular weight excluding hydrogens is 232 g/mol. The van der Waals surface area contributed by atoms with Crippen molar-refractivity contribution in [2.24, 2.45) is 0 Å². The van der Waals surface area contributed by atoms with Crippen LogP contribution in [-0.2, 0) is 19.1 Å². The summed E-state index contributed by atoms with van der Waals surface area (Å²) in [6.45, 7) is 5.52. The Balaban J connectivity index is 4.31. The zero-order valence-electron chi connectivity index (χ0n) is 11.3. The molecule has 18 heavy (non-hydrogen) atoms. The van der Waals surface area contributed by atoms with Gasteiger partial charge in [0.25, 0.3) is 0 Å².